The molecule has 248 valence electrons. The average molecular weight is 633 g/mol. The summed E-state index contributed by atoms with van der Waals surface area (Å²) in [6.07, 6.45) is 2.32. The molecule has 4 rings (SSSR count). The molecule has 11 nitrogen and oxygen atoms in total. The number of hydrogen-bond donors (Lipinski definition) is 4. The third-order valence-electron chi connectivity index (χ3n) is 6.89. The monoisotopic (exact) mass is 632 g/mol. The van der Waals surface area contributed by atoms with E-state index in [1.807, 2.05) is 0 Å². The zero-order chi connectivity index (χ0) is 31.8. The van der Waals surface area contributed by atoms with Crippen LogP contribution in [0.4, 0.5) is 0 Å². The molecule has 0 amide bonds. The maximum atomic E-state index is 8.52. The van der Waals surface area contributed by atoms with Crippen molar-refractivity contribution in [3.8, 4) is 0 Å². The van der Waals surface area contributed by atoms with Crippen molar-refractivity contribution < 1.29 is 23.0 Å². The Morgan fingerprint density at radius 2 is 1.00 bits per heavy atom. The zero-order valence-corrected chi connectivity index (χ0v) is 27.8. The summed E-state index contributed by atoms with van der Waals surface area (Å²) in [7, 11) is -5.17. The van der Waals surface area contributed by atoms with E-state index in [1.54, 1.807) is 0 Å². The number of aliphatic imine (C=N–C) groups is 2. The van der Waals surface area contributed by atoms with Crippen molar-refractivity contribution >= 4 is 22.3 Å². The summed E-state index contributed by atoms with van der Waals surface area (Å²) in [4.78, 5) is 8.69. The third kappa shape index (κ3) is 17.2. The van der Waals surface area contributed by atoms with Crippen LogP contribution in [0.1, 0.15) is 75.6 Å². The first kappa shape index (κ1) is 38.8. The summed E-state index contributed by atoms with van der Waals surface area (Å²) in [5.74, 6) is 4.33. The van der Waals surface area contributed by atoms with Gasteiger partial charge in [0.2, 0.25) is 0 Å². The van der Waals surface area contributed by atoms with Crippen LogP contribution >= 0.6 is 0 Å². The smallest absolute Gasteiger partial charge is 0.191 e. The molecule has 0 aromatic heterocycles. The lowest BCUT2D eigenvalue weighted by atomic mass is 9.97. The molecule has 0 aliphatic carbocycles. The molecular weight excluding hydrogens is 580 g/mol. The quantitative estimate of drug-likeness (QED) is 0.228. The van der Waals surface area contributed by atoms with Gasteiger partial charge in [0, 0.05) is 36.6 Å². The number of benzene rings is 2. The summed E-state index contributed by atoms with van der Waals surface area (Å²) in [6.45, 7) is 19.1. The number of guanidine groups is 2. The van der Waals surface area contributed by atoms with Gasteiger partial charge in [0.1, 0.15) is 0 Å². The number of rotatable bonds is 10. The van der Waals surface area contributed by atoms with Crippen LogP contribution in [0, 0.1) is 11.8 Å². The zero-order valence-electron chi connectivity index (χ0n) is 27.0. The Balaban J connectivity index is 0.000000375. The SMILES string of the molecule is CC(C)Cc1ccc(C(C)CNC2=NCCN2)cc1.CC(C)Cc1ccc(C(C)CNC2=NCCN2)cc1.O.O=S(=O)([O-])[O-]. The maximum Gasteiger partial charge on any atom is 0.191 e. The number of nitrogens with zero attached hydrogens (tertiary/aromatic N) is 2. The van der Waals surface area contributed by atoms with Crippen molar-refractivity contribution in [3.63, 3.8) is 0 Å². The Kier molecular flexibility index (Phi) is 17.6. The fourth-order valence-electron chi connectivity index (χ4n) is 4.68. The highest BCUT2D eigenvalue weighted by atomic mass is 32.3. The molecular formula is C32H52N6O5S-2. The van der Waals surface area contributed by atoms with Crippen LogP contribution in [0.2, 0.25) is 0 Å². The van der Waals surface area contributed by atoms with Crippen LogP contribution in [0.5, 0.6) is 0 Å². The Morgan fingerprint density at radius 1 is 0.682 bits per heavy atom. The van der Waals surface area contributed by atoms with E-state index in [2.05, 4.69) is 121 Å². The first-order chi connectivity index (χ1) is 20.3. The van der Waals surface area contributed by atoms with Crippen molar-refractivity contribution in [2.75, 3.05) is 39.3 Å². The molecule has 6 N–H and O–H groups in total. The number of hydrogen-bond acceptors (Lipinski definition) is 10. The second-order valence-corrected chi connectivity index (χ2v) is 12.8. The normalized spacial score (nSPS) is 15.2. The lowest BCUT2D eigenvalue weighted by molar-refractivity contribution is 0.352. The summed E-state index contributed by atoms with van der Waals surface area (Å²) in [6, 6.07) is 18.1. The van der Waals surface area contributed by atoms with Gasteiger partial charge in [-0.1, -0.05) is 90.1 Å². The van der Waals surface area contributed by atoms with Crippen molar-refractivity contribution in [1.29, 1.82) is 0 Å². The predicted octanol–water partition coefficient (Wildman–Crippen LogP) is 2.91. The van der Waals surface area contributed by atoms with Gasteiger partial charge in [-0.3, -0.25) is 18.4 Å². The van der Waals surface area contributed by atoms with Crippen molar-refractivity contribution in [3.05, 3.63) is 70.8 Å². The molecule has 0 fully saturated rings. The topological polar surface area (TPSA) is 185 Å². The predicted molar refractivity (Wildman–Crippen MR) is 178 cm³/mol. The molecule has 2 aromatic rings. The second-order valence-electron chi connectivity index (χ2n) is 12.0. The summed E-state index contributed by atoms with van der Waals surface area (Å²) in [5, 5.41) is 13.2. The van der Waals surface area contributed by atoms with E-state index in [1.165, 1.54) is 22.3 Å². The van der Waals surface area contributed by atoms with E-state index in [4.69, 9.17) is 17.5 Å². The van der Waals surface area contributed by atoms with Gasteiger partial charge in [0.05, 0.1) is 13.1 Å². The standard InChI is InChI=1S/2C16H25N3.H2O4S.H2O/c2*1-12(2)10-14-4-6-15(7-5-14)13(3)11-19-16-17-8-9-18-16;1-5(2,3)4;/h2*4-7,12-13H,8-11H2,1-3H3,(H2,17,18,19);(H2,1,2,3,4);1H2/p-2. The van der Waals surface area contributed by atoms with E-state index < -0.39 is 10.4 Å². The molecule has 2 aliphatic rings. The fraction of sp³-hybridized carbons (Fsp3) is 0.562. The Hall–Kier alpha value is -3.19. The molecule has 0 bridgehead atoms. The van der Waals surface area contributed by atoms with Gasteiger partial charge >= 0.3 is 0 Å². The molecule has 0 saturated heterocycles. The van der Waals surface area contributed by atoms with Gasteiger partial charge in [0.25, 0.3) is 0 Å². The van der Waals surface area contributed by atoms with Gasteiger partial charge in [0.15, 0.2) is 11.9 Å². The molecule has 0 saturated carbocycles. The van der Waals surface area contributed by atoms with Crippen LogP contribution in [0.25, 0.3) is 0 Å². The van der Waals surface area contributed by atoms with Crippen LogP contribution in [0.15, 0.2) is 58.5 Å². The number of nitrogens with one attached hydrogen (secondary N) is 4. The van der Waals surface area contributed by atoms with Crippen molar-refractivity contribution in [2.24, 2.45) is 21.8 Å². The Morgan fingerprint density at radius 3 is 1.25 bits per heavy atom. The molecule has 2 aromatic carbocycles. The van der Waals surface area contributed by atoms with Crippen molar-refractivity contribution in [1.82, 2.24) is 21.3 Å². The van der Waals surface area contributed by atoms with Gasteiger partial charge in [-0.05, 0) is 58.8 Å². The Labute approximate surface area is 264 Å². The summed E-state index contributed by atoms with van der Waals surface area (Å²) in [5.41, 5.74) is 5.64. The van der Waals surface area contributed by atoms with Gasteiger partial charge in [-0.25, -0.2) is 0 Å². The molecule has 2 unspecified atom stereocenters. The molecule has 44 heavy (non-hydrogen) atoms. The summed E-state index contributed by atoms with van der Waals surface area (Å²) >= 11 is 0. The first-order valence-corrected chi connectivity index (χ1v) is 16.5. The van der Waals surface area contributed by atoms with Gasteiger partial charge in [-0.2, -0.15) is 0 Å². The van der Waals surface area contributed by atoms with E-state index in [9.17, 15) is 0 Å². The van der Waals surface area contributed by atoms with E-state index >= 15 is 0 Å². The average Bonchev–Trinajstić information content (AvgIpc) is 3.65. The Bertz CT molecular complexity index is 1160. The van der Waals surface area contributed by atoms with Gasteiger partial charge in [-0.15, -0.1) is 0 Å². The van der Waals surface area contributed by atoms with Crippen molar-refractivity contribution in [2.45, 2.75) is 66.2 Å². The molecule has 12 heteroatoms. The minimum atomic E-state index is -5.17. The molecule has 0 spiro atoms. The van der Waals surface area contributed by atoms with E-state index in [0.717, 1.165) is 75.9 Å². The highest BCUT2D eigenvalue weighted by Crippen LogP contribution is 2.18. The summed E-state index contributed by atoms with van der Waals surface area (Å²) < 4.78 is 34.1. The minimum Gasteiger partial charge on any atom is -0.759 e. The van der Waals surface area contributed by atoms with Crippen LogP contribution in [-0.2, 0) is 23.2 Å². The van der Waals surface area contributed by atoms with E-state index in [-0.39, 0.29) is 5.48 Å². The van der Waals surface area contributed by atoms with E-state index in [0.29, 0.717) is 11.8 Å². The largest absolute Gasteiger partial charge is 0.759 e. The molecule has 2 aliphatic heterocycles. The molecule has 0 radical (unpaired) electrons. The lowest BCUT2D eigenvalue weighted by Gasteiger charge is -2.15. The van der Waals surface area contributed by atoms with Gasteiger partial charge < -0.3 is 35.8 Å². The highest BCUT2D eigenvalue weighted by Gasteiger charge is 2.10. The molecule has 2 atom stereocenters. The minimum absolute atomic E-state index is 0. The maximum absolute atomic E-state index is 8.52. The lowest BCUT2D eigenvalue weighted by Crippen LogP contribution is -2.35. The van der Waals surface area contributed by atoms with Crippen LogP contribution in [0.3, 0.4) is 0 Å². The third-order valence-corrected chi connectivity index (χ3v) is 6.89. The second kappa shape index (κ2) is 20.0. The van der Waals surface area contributed by atoms with Crippen LogP contribution < -0.4 is 21.3 Å². The fourth-order valence-corrected chi connectivity index (χ4v) is 4.68. The van der Waals surface area contributed by atoms with Crippen LogP contribution in [-0.4, -0.2) is 74.2 Å². The molecule has 2 heterocycles. The highest BCUT2D eigenvalue weighted by molar-refractivity contribution is 7.79. The first-order valence-electron chi connectivity index (χ1n) is 15.2.